The van der Waals surface area contributed by atoms with E-state index < -0.39 is 11.6 Å². The van der Waals surface area contributed by atoms with Gasteiger partial charge in [-0.25, -0.2) is 13.8 Å². The molecule has 0 aliphatic rings. The first kappa shape index (κ1) is 13.4. The molecular weight excluding hydrogens is 276 g/mol. The highest BCUT2D eigenvalue weighted by molar-refractivity contribution is 5.90. The predicted molar refractivity (Wildman–Crippen MR) is 75.8 cm³/mol. The molecule has 0 aliphatic heterocycles. The Labute approximate surface area is 119 Å². The number of fused-ring (bicyclic) bond motifs is 1. The van der Waals surface area contributed by atoms with E-state index in [1.165, 1.54) is 6.07 Å². The van der Waals surface area contributed by atoms with Crippen molar-refractivity contribution < 1.29 is 8.78 Å². The van der Waals surface area contributed by atoms with Crippen LogP contribution < -0.4 is 5.32 Å². The van der Waals surface area contributed by atoms with Gasteiger partial charge in [0.2, 0.25) is 5.95 Å². The molecule has 0 saturated heterocycles. The lowest BCUT2D eigenvalue weighted by molar-refractivity contribution is 0.509. The molecule has 21 heavy (non-hydrogen) atoms. The second kappa shape index (κ2) is 5.43. The average molecular weight is 289 g/mol. The van der Waals surface area contributed by atoms with Gasteiger partial charge < -0.3 is 5.32 Å². The topological polar surface area (TPSA) is 66.5 Å². The molecule has 0 atom stereocenters. The van der Waals surface area contributed by atoms with Gasteiger partial charge in [-0.3, -0.25) is 5.10 Å². The van der Waals surface area contributed by atoms with Gasteiger partial charge in [0.15, 0.2) is 17.3 Å². The van der Waals surface area contributed by atoms with E-state index in [2.05, 4.69) is 25.5 Å². The smallest absolute Gasteiger partial charge is 0.225 e. The molecular formula is C14H13F2N5. The SMILES string of the molecule is CCCNc1nc(-c2ccc(F)c(F)c2)c2cn[nH]c2n1. The monoisotopic (exact) mass is 289 g/mol. The maximum absolute atomic E-state index is 13.4. The Balaban J connectivity index is 2.14. The molecule has 0 fully saturated rings. The molecule has 0 saturated carbocycles. The van der Waals surface area contributed by atoms with Crippen molar-refractivity contribution >= 4 is 17.0 Å². The lowest BCUT2D eigenvalue weighted by Gasteiger charge is -2.07. The number of aromatic amines is 1. The molecule has 3 aromatic rings. The van der Waals surface area contributed by atoms with Crippen molar-refractivity contribution in [2.24, 2.45) is 0 Å². The standard InChI is InChI=1S/C14H13F2N5/c1-2-5-17-14-19-12(9-7-18-21-13(9)20-14)8-3-4-10(15)11(16)6-8/h3-4,6-7H,2,5H2,1H3,(H2,17,18,19,20,21). The number of benzene rings is 1. The van der Waals surface area contributed by atoms with Crippen LogP contribution in [0.15, 0.2) is 24.4 Å². The third-order valence-electron chi connectivity index (χ3n) is 3.04. The van der Waals surface area contributed by atoms with Crippen LogP contribution in [0.2, 0.25) is 0 Å². The molecule has 5 nitrogen and oxygen atoms in total. The van der Waals surface area contributed by atoms with Crippen LogP contribution in [-0.4, -0.2) is 26.7 Å². The van der Waals surface area contributed by atoms with Crippen molar-refractivity contribution in [1.82, 2.24) is 20.2 Å². The Morgan fingerprint density at radius 3 is 2.81 bits per heavy atom. The number of H-pyrrole nitrogens is 1. The van der Waals surface area contributed by atoms with Crippen LogP contribution in [0, 0.1) is 11.6 Å². The summed E-state index contributed by atoms with van der Waals surface area (Å²) in [5, 5.41) is 10.4. The first-order valence-corrected chi connectivity index (χ1v) is 6.59. The number of hydrogen-bond donors (Lipinski definition) is 2. The van der Waals surface area contributed by atoms with E-state index in [0.717, 1.165) is 25.1 Å². The van der Waals surface area contributed by atoms with E-state index >= 15 is 0 Å². The number of rotatable bonds is 4. The van der Waals surface area contributed by atoms with E-state index in [1.54, 1.807) is 6.20 Å². The van der Waals surface area contributed by atoms with Crippen molar-refractivity contribution in [3.05, 3.63) is 36.0 Å². The Morgan fingerprint density at radius 1 is 1.19 bits per heavy atom. The van der Waals surface area contributed by atoms with E-state index in [0.29, 0.717) is 28.2 Å². The molecule has 0 amide bonds. The largest absolute Gasteiger partial charge is 0.354 e. The molecule has 0 unspecified atom stereocenters. The highest BCUT2D eigenvalue weighted by atomic mass is 19.2. The molecule has 2 heterocycles. The van der Waals surface area contributed by atoms with E-state index in [1.807, 2.05) is 6.92 Å². The number of nitrogens with one attached hydrogen (secondary N) is 2. The summed E-state index contributed by atoms with van der Waals surface area (Å²) in [4.78, 5) is 8.67. The minimum Gasteiger partial charge on any atom is -0.354 e. The van der Waals surface area contributed by atoms with E-state index in [9.17, 15) is 8.78 Å². The molecule has 0 bridgehead atoms. The fourth-order valence-corrected chi connectivity index (χ4v) is 2.01. The van der Waals surface area contributed by atoms with Crippen LogP contribution in [0.3, 0.4) is 0 Å². The Hall–Kier alpha value is -2.57. The molecule has 0 aliphatic carbocycles. The fourth-order valence-electron chi connectivity index (χ4n) is 2.01. The summed E-state index contributed by atoms with van der Waals surface area (Å²) in [6.45, 7) is 2.74. The maximum atomic E-state index is 13.4. The van der Waals surface area contributed by atoms with Gasteiger partial charge in [0.25, 0.3) is 0 Å². The molecule has 108 valence electrons. The normalized spacial score (nSPS) is 11.0. The molecule has 3 rings (SSSR count). The summed E-state index contributed by atoms with van der Waals surface area (Å²) < 4.78 is 26.5. The Morgan fingerprint density at radius 2 is 2.05 bits per heavy atom. The fraction of sp³-hybridized carbons (Fsp3) is 0.214. The zero-order valence-electron chi connectivity index (χ0n) is 11.3. The number of aromatic nitrogens is 4. The number of halogens is 2. The first-order valence-electron chi connectivity index (χ1n) is 6.59. The minimum atomic E-state index is -0.911. The zero-order valence-corrected chi connectivity index (χ0v) is 11.3. The van der Waals surface area contributed by atoms with E-state index in [4.69, 9.17) is 0 Å². The summed E-state index contributed by atoms with van der Waals surface area (Å²) in [6, 6.07) is 3.68. The van der Waals surface area contributed by atoms with Crippen molar-refractivity contribution in [2.45, 2.75) is 13.3 Å². The molecule has 7 heteroatoms. The minimum absolute atomic E-state index is 0.424. The van der Waals surface area contributed by atoms with Crippen LogP contribution in [0.4, 0.5) is 14.7 Å². The molecule has 2 N–H and O–H groups in total. The van der Waals surface area contributed by atoms with Gasteiger partial charge >= 0.3 is 0 Å². The Bertz CT molecular complexity index is 784. The molecule has 2 aromatic heterocycles. The van der Waals surface area contributed by atoms with Gasteiger partial charge in [0, 0.05) is 12.1 Å². The van der Waals surface area contributed by atoms with Gasteiger partial charge in [-0.15, -0.1) is 0 Å². The van der Waals surface area contributed by atoms with Crippen LogP contribution in [0.5, 0.6) is 0 Å². The summed E-state index contributed by atoms with van der Waals surface area (Å²) in [6.07, 6.45) is 2.49. The third kappa shape index (κ3) is 2.54. The van der Waals surface area contributed by atoms with Crippen molar-refractivity contribution in [1.29, 1.82) is 0 Å². The molecule has 0 spiro atoms. The highest BCUT2D eigenvalue weighted by Crippen LogP contribution is 2.27. The summed E-state index contributed by atoms with van der Waals surface area (Å²) in [5.41, 5.74) is 1.52. The van der Waals surface area contributed by atoms with Gasteiger partial charge in [-0.1, -0.05) is 6.92 Å². The van der Waals surface area contributed by atoms with Crippen LogP contribution in [0.25, 0.3) is 22.3 Å². The van der Waals surface area contributed by atoms with Gasteiger partial charge in [-0.2, -0.15) is 10.1 Å². The number of hydrogen-bond acceptors (Lipinski definition) is 4. The van der Waals surface area contributed by atoms with Crippen molar-refractivity contribution in [3.63, 3.8) is 0 Å². The van der Waals surface area contributed by atoms with Crippen LogP contribution >= 0.6 is 0 Å². The molecule has 1 aromatic carbocycles. The third-order valence-corrected chi connectivity index (χ3v) is 3.04. The maximum Gasteiger partial charge on any atom is 0.225 e. The van der Waals surface area contributed by atoms with Gasteiger partial charge in [0.1, 0.15) is 0 Å². The summed E-state index contributed by atoms with van der Waals surface area (Å²) in [5.74, 6) is -1.38. The average Bonchev–Trinajstić information content (AvgIpc) is 2.95. The lowest BCUT2D eigenvalue weighted by atomic mass is 10.1. The zero-order chi connectivity index (χ0) is 14.8. The number of anilines is 1. The van der Waals surface area contributed by atoms with Gasteiger partial charge in [0.05, 0.1) is 17.3 Å². The molecule has 0 radical (unpaired) electrons. The second-order valence-electron chi connectivity index (χ2n) is 4.58. The quantitative estimate of drug-likeness (QED) is 0.774. The summed E-state index contributed by atoms with van der Waals surface area (Å²) >= 11 is 0. The van der Waals surface area contributed by atoms with E-state index in [-0.39, 0.29) is 0 Å². The van der Waals surface area contributed by atoms with Crippen molar-refractivity contribution in [2.75, 3.05) is 11.9 Å². The predicted octanol–water partition coefficient (Wildman–Crippen LogP) is 3.12. The van der Waals surface area contributed by atoms with Crippen molar-refractivity contribution in [3.8, 4) is 11.3 Å². The Kier molecular flexibility index (Phi) is 3.47. The number of nitrogens with zero attached hydrogens (tertiary/aromatic N) is 3. The van der Waals surface area contributed by atoms with Crippen LogP contribution in [-0.2, 0) is 0 Å². The highest BCUT2D eigenvalue weighted by Gasteiger charge is 2.13. The lowest BCUT2D eigenvalue weighted by Crippen LogP contribution is -2.05. The first-order chi connectivity index (χ1) is 10.2. The van der Waals surface area contributed by atoms with Crippen LogP contribution in [0.1, 0.15) is 13.3 Å². The van der Waals surface area contributed by atoms with Gasteiger partial charge in [-0.05, 0) is 24.6 Å². The summed E-state index contributed by atoms with van der Waals surface area (Å²) in [7, 11) is 0. The second-order valence-corrected chi connectivity index (χ2v) is 4.58.